The van der Waals surface area contributed by atoms with Gasteiger partial charge < -0.3 is 14.6 Å². The van der Waals surface area contributed by atoms with E-state index in [9.17, 15) is 14.7 Å². The fraction of sp³-hybridized carbons (Fsp3) is 0.120. The van der Waals surface area contributed by atoms with Crippen molar-refractivity contribution in [2.24, 2.45) is 5.10 Å². The Morgan fingerprint density at radius 3 is 2.72 bits per heavy atom. The molecule has 0 aliphatic carbocycles. The van der Waals surface area contributed by atoms with Crippen LogP contribution in [0, 0.1) is 6.92 Å². The largest absolute Gasteiger partial charge is 0.493 e. The van der Waals surface area contributed by atoms with E-state index < -0.39 is 5.97 Å². The van der Waals surface area contributed by atoms with E-state index in [4.69, 9.17) is 21.1 Å². The van der Waals surface area contributed by atoms with Crippen molar-refractivity contribution in [3.63, 3.8) is 0 Å². The third-order valence-electron chi connectivity index (χ3n) is 5.22. The van der Waals surface area contributed by atoms with Crippen LogP contribution in [-0.2, 0) is 6.61 Å². The Labute approximate surface area is 227 Å². The number of ether oxygens (including phenoxy) is 2. The van der Waals surface area contributed by atoms with Gasteiger partial charge in [-0.2, -0.15) is 9.78 Å². The third-order valence-corrected chi connectivity index (χ3v) is 7.15. The number of aromatic nitrogens is 2. The van der Waals surface area contributed by atoms with Crippen molar-refractivity contribution in [3.05, 3.63) is 95.4 Å². The van der Waals surface area contributed by atoms with Crippen molar-refractivity contribution in [1.82, 2.24) is 9.66 Å². The summed E-state index contributed by atoms with van der Waals surface area (Å²) >= 11 is 13.4. The monoisotopic (exact) mass is 633 g/mol. The normalized spacial score (nSPS) is 11.2. The molecule has 1 heterocycles. The summed E-state index contributed by atoms with van der Waals surface area (Å²) < 4.78 is 13.8. The molecule has 3 aromatic carbocycles. The highest BCUT2D eigenvalue weighted by Gasteiger charge is 2.18. The topological polar surface area (TPSA) is 103 Å². The molecular weight excluding hydrogens is 618 g/mol. The van der Waals surface area contributed by atoms with Crippen molar-refractivity contribution < 1.29 is 19.4 Å². The second-order valence-electron chi connectivity index (χ2n) is 7.60. The van der Waals surface area contributed by atoms with Gasteiger partial charge in [-0.15, -0.1) is 0 Å². The van der Waals surface area contributed by atoms with Crippen molar-refractivity contribution in [3.8, 4) is 11.5 Å². The van der Waals surface area contributed by atoms with Crippen LogP contribution in [0.2, 0.25) is 5.02 Å². The molecule has 0 bridgehead atoms. The van der Waals surface area contributed by atoms with Crippen LogP contribution in [0.3, 0.4) is 0 Å². The van der Waals surface area contributed by atoms with E-state index in [0.717, 1.165) is 4.47 Å². The number of carbonyl (C=O) groups is 1. The minimum absolute atomic E-state index is 0.0734. The maximum absolute atomic E-state index is 13.0. The maximum Gasteiger partial charge on any atom is 0.335 e. The fourth-order valence-corrected chi connectivity index (χ4v) is 4.46. The summed E-state index contributed by atoms with van der Waals surface area (Å²) in [5.74, 6) is 0.00408. The third kappa shape index (κ3) is 5.30. The van der Waals surface area contributed by atoms with Gasteiger partial charge in [0.2, 0.25) is 0 Å². The lowest BCUT2D eigenvalue weighted by Crippen LogP contribution is -2.20. The van der Waals surface area contributed by atoms with Gasteiger partial charge in [-0.3, -0.25) is 4.79 Å². The molecule has 0 atom stereocenters. The summed E-state index contributed by atoms with van der Waals surface area (Å²) in [6.07, 6.45) is 1.47. The zero-order valence-electron chi connectivity index (χ0n) is 19.0. The van der Waals surface area contributed by atoms with Gasteiger partial charge in [0.1, 0.15) is 17.5 Å². The molecular formula is C25H18Br2ClN3O5. The summed E-state index contributed by atoms with van der Waals surface area (Å²) in [5, 5.41) is 14.2. The summed E-state index contributed by atoms with van der Waals surface area (Å²) in [7, 11) is 1.47. The standard InChI is InChI=1S/C25H18Br2ClN3O5/c1-13-30-19-7-6-17(26)10-18(19)24(32)31(13)29-11-16-9-20(35-2)23(22(28)21(16)27)36-12-14-4-3-5-15(8-14)25(33)34/h3-11H,12H2,1-2H3,(H,33,34). The molecule has 0 spiro atoms. The molecule has 11 heteroatoms. The van der Waals surface area contributed by atoms with Crippen LogP contribution in [-0.4, -0.2) is 34.1 Å². The number of aromatic carboxylic acids is 1. The number of nitrogens with zero attached hydrogens (tertiary/aromatic N) is 3. The van der Waals surface area contributed by atoms with Crippen LogP contribution >= 0.6 is 43.5 Å². The number of carboxylic acids is 1. The van der Waals surface area contributed by atoms with Crippen LogP contribution in [0.1, 0.15) is 27.3 Å². The van der Waals surface area contributed by atoms with Gasteiger partial charge >= 0.3 is 5.97 Å². The van der Waals surface area contributed by atoms with Crippen LogP contribution in [0.25, 0.3) is 10.9 Å². The molecule has 8 nitrogen and oxygen atoms in total. The molecule has 0 unspecified atom stereocenters. The van der Waals surface area contributed by atoms with E-state index in [1.165, 1.54) is 30.1 Å². The summed E-state index contributed by atoms with van der Waals surface area (Å²) in [6, 6.07) is 13.4. The van der Waals surface area contributed by atoms with Crippen molar-refractivity contribution >= 4 is 66.5 Å². The predicted molar refractivity (Wildman–Crippen MR) is 145 cm³/mol. The molecule has 1 N–H and O–H groups in total. The van der Waals surface area contributed by atoms with Crippen molar-refractivity contribution in [1.29, 1.82) is 0 Å². The molecule has 4 aromatic rings. The second kappa shape index (κ2) is 10.8. The molecule has 0 fully saturated rings. The number of methoxy groups -OCH3 is 1. The smallest absolute Gasteiger partial charge is 0.335 e. The average Bonchev–Trinajstić information content (AvgIpc) is 2.86. The Bertz CT molecular complexity index is 1590. The second-order valence-corrected chi connectivity index (χ2v) is 9.69. The number of hydrogen-bond donors (Lipinski definition) is 1. The Balaban J connectivity index is 1.67. The van der Waals surface area contributed by atoms with Crippen LogP contribution in [0.5, 0.6) is 11.5 Å². The van der Waals surface area contributed by atoms with Gasteiger partial charge in [0.05, 0.1) is 29.8 Å². The SMILES string of the molecule is COc1cc(C=Nn2c(C)nc3ccc(Br)cc3c2=O)c(Br)c(Cl)c1OCc1cccc(C(=O)O)c1. The highest BCUT2D eigenvalue weighted by molar-refractivity contribution is 9.10. The van der Waals surface area contributed by atoms with Crippen molar-refractivity contribution in [2.75, 3.05) is 7.11 Å². The molecule has 1 aromatic heterocycles. The Hall–Kier alpha value is -3.21. The molecule has 0 aliphatic rings. The number of halogens is 3. The fourth-order valence-electron chi connectivity index (χ4n) is 3.45. The van der Waals surface area contributed by atoms with E-state index in [-0.39, 0.29) is 28.5 Å². The first kappa shape index (κ1) is 25.9. The molecule has 0 saturated heterocycles. The van der Waals surface area contributed by atoms with E-state index in [1.54, 1.807) is 37.3 Å². The number of hydrogen-bond acceptors (Lipinski definition) is 6. The first-order valence-corrected chi connectivity index (χ1v) is 12.4. The lowest BCUT2D eigenvalue weighted by molar-refractivity contribution is 0.0696. The van der Waals surface area contributed by atoms with Crippen molar-refractivity contribution in [2.45, 2.75) is 13.5 Å². The molecule has 4 rings (SSSR count). The van der Waals surface area contributed by atoms with E-state index in [2.05, 4.69) is 41.9 Å². The van der Waals surface area contributed by atoms with Crippen LogP contribution in [0.15, 0.2) is 67.4 Å². The van der Waals surface area contributed by atoms with Crippen LogP contribution < -0.4 is 15.0 Å². The van der Waals surface area contributed by atoms with E-state index in [1.807, 2.05) is 6.07 Å². The lowest BCUT2D eigenvalue weighted by atomic mass is 10.1. The van der Waals surface area contributed by atoms with Gasteiger partial charge in [-0.25, -0.2) is 9.78 Å². The number of aryl methyl sites for hydroxylation is 1. The molecule has 0 saturated carbocycles. The quantitative estimate of drug-likeness (QED) is 0.248. The number of fused-ring (bicyclic) bond motifs is 1. The summed E-state index contributed by atoms with van der Waals surface area (Å²) in [5.41, 5.74) is 1.61. The first-order valence-electron chi connectivity index (χ1n) is 10.4. The first-order chi connectivity index (χ1) is 17.2. The minimum atomic E-state index is -1.03. The highest BCUT2D eigenvalue weighted by atomic mass is 79.9. The van der Waals surface area contributed by atoms with E-state index >= 15 is 0 Å². The molecule has 0 radical (unpaired) electrons. The van der Waals surface area contributed by atoms with Gasteiger partial charge in [0, 0.05) is 14.5 Å². The van der Waals surface area contributed by atoms with Gasteiger partial charge in [-0.05, 0) is 64.8 Å². The lowest BCUT2D eigenvalue weighted by Gasteiger charge is -2.15. The van der Waals surface area contributed by atoms with Gasteiger partial charge in [0.25, 0.3) is 5.56 Å². The number of benzene rings is 3. The predicted octanol–water partition coefficient (Wildman–Crippen LogP) is 6.05. The zero-order chi connectivity index (χ0) is 26.0. The summed E-state index contributed by atoms with van der Waals surface area (Å²) in [6.45, 7) is 1.77. The zero-order valence-corrected chi connectivity index (χ0v) is 22.9. The average molecular weight is 636 g/mol. The highest BCUT2D eigenvalue weighted by Crippen LogP contribution is 2.42. The molecule has 36 heavy (non-hydrogen) atoms. The Morgan fingerprint density at radius 2 is 2.00 bits per heavy atom. The van der Waals surface area contributed by atoms with Gasteiger partial charge in [0.15, 0.2) is 11.5 Å². The number of carboxylic acid groups (broad SMARTS) is 1. The Morgan fingerprint density at radius 1 is 1.22 bits per heavy atom. The molecule has 0 amide bonds. The molecule has 184 valence electrons. The van der Waals surface area contributed by atoms with E-state index in [0.29, 0.717) is 38.1 Å². The summed E-state index contributed by atoms with van der Waals surface area (Å²) in [4.78, 5) is 28.7. The maximum atomic E-state index is 13.0. The minimum Gasteiger partial charge on any atom is -0.493 e. The molecule has 0 aliphatic heterocycles. The van der Waals surface area contributed by atoms with Crippen LogP contribution in [0.4, 0.5) is 0 Å². The number of rotatable bonds is 7. The Kier molecular flexibility index (Phi) is 7.77. The van der Waals surface area contributed by atoms with Gasteiger partial charge in [-0.1, -0.05) is 39.7 Å².